The van der Waals surface area contributed by atoms with Gasteiger partial charge in [-0.15, -0.1) is 0 Å². The molecule has 88 valence electrons. The third-order valence-corrected chi connectivity index (χ3v) is 3.36. The number of hydrogen-bond donors (Lipinski definition) is 1. The zero-order chi connectivity index (χ0) is 12.4. The van der Waals surface area contributed by atoms with Crippen LogP contribution in [-0.4, -0.2) is 5.11 Å². The van der Waals surface area contributed by atoms with Crippen LogP contribution in [0, 0.1) is 15.2 Å². The van der Waals surface area contributed by atoms with Gasteiger partial charge in [-0.2, -0.15) is 0 Å². The standard InChI is InChI=1S/C13H9F2IO/c14-9-3-1-2-8(6-9)13(17)11-5-4-10(15)7-12(11)16/h1-7,13,17H. The van der Waals surface area contributed by atoms with Crippen molar-refractivity contribution in [3.8, 4) is 0 Å². The maximum absolute atomic E-state index is 13.0. The lowest BCUT2D eigenvalue weighted by Crippen LogP contribution is -2.02. The molecule has 0 aliphatic heterocycles. The summed E-state index contributed by atoms with van der Waals surface area (Å²) in [6.07, 6.45) is -0.946. The molecule has 0 saturated carbocycles. The van der Waals surface area contributed by atoms with E-state index in [-0.39, 0.29) is 5.82 Å². The highest BCUT2D eigenvalue weighted by Crippen LogP contribution is 2.26. The van der Waals surface area contributed by atoms with E-state index in [4.69, 9.17) is 0 Å². The highest BCUT2D eigenvalue weighted by Gasteiger charge is 2.14. The Bertz CT molecular complexity index is 543. The molecule has 1 unspecified atom stereocenters. The quantitative estimate of drug-likeness (QED) is 0.823. The second kappa shape index (κ2) is 5.10. The van der Waals surface area contributed by atoms with Crippen LogP contribution in [0.3, 0.4) is 0 Å². The van der Waals surface area contributed by atoms with E-state index < -0.39 is 11.9 Å². The van der Waals surface area contributed by atoms with E-state index in [0.717, 1.165) is 0 Å². The molecule has 0 amide bonds. The van der Waals surface area contributed by atoms with Gasteiger partial charge in [0.05, 0.1) is 0 Å². The SMILES string of the molecule is OC(c1cccc(F)c1)c1ccc(F)cc1I. The van der Waals surface area contributed by atoms with E-state index >= 15 is 0 Å². The molecule has 1 nitrogen and oxygen atoms in total. The maximum atomic E-state index is 13.0. The van der Waals surface area contributed by atoms with E-state index in [1.807, 2.05) is 22.6 Å². The monoisotopic (exact) mass is 346 g/mol. The summed E-state index contributed by atoms with van der Waals surface area (Å²) < 4.78 is 26.6. The molecule has 0 spiro atoms. The number of aliphatic hydroxyl groups excluding tert-OH is 1. The van der Waals surface area contributed by atoms with Crippen molar-refractivity contribution in [1.82, 2.24) is 0 Å². The minimum Gasteiger partial charge on any atom is -0.384 e. The Morgan fingerprint density at radius 1 is 1.00 bits per heavy atom. The third kappa shape index (κ3) is 2.81. The van der Waals surface area contributed by atoms with Gasteiger partial charge >= 0.3 is 0 Å². The fraction of sp³-hybridized carbons (Fsp3) is 0.0769. The molecule has 0 bridgehead atoms. The second-order valence-corrected chi connectivity index (χ2v) is 4.79. The average Bonchev–Trinajstić information content (AvgIpc) is 2.28. The summed E-state index contributed by atoms with van der Waals surface area (Å²) in [5, 5.41) is 10.1. The predicted octanol–water partition coefficient (Wildman–Crippen LogP) is 3.65. The molecule has 2 rings (SSSR count). The van der Waals surface area contributed by atoms with Crippen LogP contribution in [0.15, 0.2) is 42.5 Å². The van der Waals surface area contributed by atoms with Gasteiger partial charge in [-0.25, -0.2) is 8.78 Å². The summed E-state index contributed by atoms with van der Waals surface area (Å²) in [5.41, 5.74) is 1.02. The Morgan fingerprint density at radius 3 is 2.35 bits per heavy atom. The topological polar surface area (TPSA) is 20.2 Å². The molecule has 2 aromatic carbocycles. The molecule has 0 radical (unpaired) electrons. The van der Waals surface area contributed by atoms with Gasteiger partial charge in [0, 0.05) is 3.57 Å². The van der Waals surface area contributed by atoms with E-state index in [1.54, 1.807) is 6.07 Å². The fourth-order valence-electron chi connectivity index (χ4n) is 1.58. The lowest BCUT2D eigenvalue weighted by atomic mass is 10.0. The molecule has 0 saturated heterocycles. The molecule has 0 aliphatic rings. The van der Waals surface area contributed by atoms with Crippen molar-refractivity contribution in [2.75, 3.05) is 0 Å². The van der Waals surface area contributed by atoms with Crippen LogP contribution >= 0.6 is 22.6 Å². The molecule has 17 heavy (non-hydrogen) atoms. The molecular formula is C13H9F2IO. The van der Waals surface area contributed by atoms with Gasteiger partial charge < -0.3 is 5.11 Å². The Labute approximate surface area is 111 Å². The van der Waals surface area contributed by atoms with E-state index in [1.165, 1.54) is 36.4 Å². The van der Waals surface area contributed by atoms with Crippen molar-refractivity contribution < 1.29 is 13.9 Å². The Morgan fingerprint density at radius 2 is 1.71 bits per heavy atom. The molecule has 1 atom stereocenters. The average molecular weight is 346 g/mol. The van der Waals surface area contributed by atoms with Crippen LogP contribution in [0.25, 0.3) is 0 Å². The van der Waals surface area contributed by atoms with Gasteiger partial charge in [-0.3, -0.25) is 0 Å². The highest BCUT2D eigenvalue weighted by molar-refractivity contribution is 14.1. The third-order valence-electron chi connectivity index (χ3n) is 2.42. The summed E-state index contributed by atoms with van der Waals surface area (Å²) in [6, 6.07) is 9.86. The van der Waals surface area contributed by atoms with Gasteiger partial charge in [0.1, 0.15) is 17.7 Å². The second-order valence-electron chi connectivity index (χ2n) is 3.62. The molecule has 0 heterocycles. The summed E-state index contributed by atoms with van der Waals surface area (Å²) in [5.74, 6) is -0.761. The number of benzene rings is 2. The van der Waals surface area contributed by atoms with Gasteiger partial charge in [-0.1, -0.05) is 18.2 Å². The van der Waals surface area contributed by atoms with Crippen LogP contribution < -0.4 is 0 Å². The van der Waals surface area contributed by atoms with Crippen LogP contribution in [0.1, 0.15) is 17.2 Å². The van der Waals surface area contributed by atoms with Gasteiger partial charge in [0.2, 0.25) is 0 Å². The Balaban J connectivity index is 2.40. The molecule has 0 aliphatic carbocycles. The Hall–Kier alpha value is -1.01. The van der Waals surface area contributed by atoms with Crippen LogP contribution in [0.2, 0.25) is 0 Å². The first-order valence-corrected chi connectivity index (χ1v) is 6.04. The first kappa shape index (κ1) is 12.4. The van der Waals surface area contributed by atoms with Crippen LogP contribution in [0.4, 0.5) is 8.78 Å². The summed E-state index contributed by atoms with van der Waals surface area (Å²) in [7, 11) is 0. The summed E-state index contributed by atoms with van der Waals surface area (Å²) in [4.78, 5) is 0. The summed E-state index contributed by atoms with van der Waals surface area (Å²) in [6.45, 7) is 0. The fourth-order valence-corrected chi connectivity index (χ4v) is 2.35. The first-order chi connectivity index (χ1) is 8.08. The molecule has 2 aromatic rings. The van der Waals surface area contributed by atoms with Gasteiger partial charge in [-0.05, 0) is 58.0 Å². The highest BCUT2D eigenvalue weighted by atomic mass is 127. The number of hydrogen-bond acceptors (Lipinski definition) is 1. The molecule has 0 fully saturated rings. The predicted molar refractivity (Wildman–Crippen MR) is 69.6 cm³/mol. The first-order valence-electron chi connectivity index (χ1n) is 4.96. The zero-order valence-electron chi connectivity index (χ0n) is 8.70. The van der Waals surface area contributed by atoms with E-state index in [2.05, 4.69) is 0 Å². The normalized spacial score (nSPS) is 12.5. The lowest BCUT2D eigenvalue weighted by Gasteiger charge is -2.13. The van der Waals surface area contributed by atoms with E-state index in [9.17, 15) is 13.9 Å². The summed E-state index contributed by atoms with van der Waals surface area (Å²) >= 11 is 1.94. The van der Waals surface area contributed by atoms with Crippen molar-refractivity contribution >= 4 is 22.6 Å². The van der Waals surface area contributed by atoms with Gasteiger partial charge in [0.25, 0.3) is 0 Å². The number of rotatable bonds is 2. The van der Waals surface area contributed by atoms with Crippen LogP contribution in [0.5, 0.6) is 0 Å². The van der Waals surface area contributed by atoms with Crippen molar-refractivity contribution in [3.05, 3.63) is 68.8 Å². The minimum atomic E-state index is -0.946. The van der Waals surface area contributed by atoms with Crippen LogP contribution in [-0.2, 0) is 0 Å². The Kier molecular flexibility index (Phi) is 3.73. The number of halogens is 3. The minimum absolute atomic E-state index is 0.357. The zero-order valence-corrected chi connectivity index (χ0v) is 10.9. The largest absolute Gasteiger partial charge is 0.384 e. The van der Waals surface area contributed by atoms with Crippen molar-refractivity contribution in [2.24, 2.45) is 0 Å². The molecular weight excluding hydrogens is 337 g/mol. The maximum Gasteiger partial charge on any atom is 0.124 e. The molecule has 0 aromatic heterocycles. The molecule has 4 heteroatoms. The smallest absolute Gasteiger partial charge is 0.124 e. The van der Waals surface area contributed by atoms with Crippen molar-refractivity contribution in [1.29, 1.82) is 0 Å². The van der Waals surface area contributed by atoms with Crippen molar-refractivity contribution in [3.63, 3.8) is 0 Å². The molecule has 1 N–H and O–H groups in total. The van der Waals surface area contributed by atoms with Gasteiger partial charge in [0.15, 0.2) is 0 Å². The lowest BCUT2D eigenvalue weighted by molar-refractivity contribution is 0.219. The van der Waals surface area contributed by atoms with E-state index in [0.29, 0.717) is 14.7 Å². The number of aliphatic hydroxyl groups is 1. The van der Waals surface area contributed by atoms with Crippen molar-refractivity contribution in [2.45, 2.75) is 6.10 Å².